The molecule has 3 N–H and O–H groups in total. The average Bonchev–Trinajstić information content (AvgIpc) is 2.38. The first-order valence-electron chi connectivity index (χ1n) is 5.25. The summed E-state index contributed by atoms with van der Waals surface area (Å²) in [6.45, 7) is 2.11. The molecule has 0 spiro atoms. The summed E-state index contributed by atoms with van der Waals surface area (Å²) in [7, 11) is 0. The molecule has 5 heteroatoms. The van der Waals surface area contributed by atoms with Gasteiger partial charge in [0.15, 0.2) is 0 Å². The van der Waals surface area contributed by atoms with E-state index in [1.165, 1.54) is 17.5 Å². The first-order chi connectivity index (χ1) is 8.29. The molecule has 0 aliphatic rings. The van der Waals surface area contributed by atoms with Crippen molar-refractivity contribution in [2.45, 2.75) is 17.7 Å². The Labute approximate surface area is 105 Å². The second-order valence-corrected chi connectivity index (χ2v) is 4.60. The molecule has 0 aliphatic carbocycles. The van der Waals surface area contributed by atoms with Crippen LogP contribution in [0.5, 0.6) is 0 Å². The molecule has 1 aromatic carbocycles. The molecule has 0 atom stereocenters. The smallest absolute Gasteiger partial charge is 0.144 e. The third-order valence-corrected chi connectivity index (χ3v) is 3.40. The molecule has 0 saturated heterocycles. The zero-order chi connectivity index (χ0) is 12.1. The fraction of sp³-hybridized carbons (Fsp3) is 0.167. The first-order valence-corrected chi connectivity index (χ1v) is 6.24. The number of aromatic nitrogens is 2. The number of nitrogen functional groups attached to an aromatic ring is 1. The minimum atomic E-state index is 0.632. The van der Waals surface area contributed by atoms with Gasteiger partial charge in [0.25, 0.3) is 0 Å². The summed E-state index contributed by atoms with van der Waals surface area (Å²) in [4.78, 5) is 8.16. The Morgan fingerprint density at radius 3 is 2.88 bits per heavy atom. The number of hydrogen-bond acceptors (Lipinski definition) is 5. The number of anilines is 1. The van der Waals surface area contributed by atoms with Crippen LogP contribution in [0.25, 0.3) is 0 Å². The molecule has 0 amide bonds. The Morgan fingerprint density at radius 2 is 2.12 bits per heavy atom. The SMILES string of the molecule is Cc1ccccc1CSc1cc(NN)ncn1. The van der Waals surface area contributed by atoms with Gasteiger partial charge in [-0.1, -0.05) is 24.3 Å². The molecule has 17 heavy (non-hydrogen) atoms. The van der Waals surface area contributed by atoms with Gasteiger partial charge in [0.2, 0.25) is 0 Å². The molecule has 4 nitrogen and oxygen atoms in total. The van der Waals surface area contributed by atoms with Gasteiger partial charge in [-0.15, -0.1) is 11.8 Å². The third kappa shape index (κ3) is 3.18. The average molecular weight is 246 g/mol. The molecule has 2 rings (SSSR count). The van der Waals surface area contributed by atoms with Gasteiger partial charge in [-0.2, -0.15) is 0 Å². The third-order valence-electron chi connectivity index (χ3n) is 2.43. The summed E-state index contributed by atoms with van der Waals surface area (Å²) in [6, 6.07) is 10.2. The molecule has 0 radical (unpaired) electrons. The number of hydrogen-bond donors (Lipinski definition) is 2. The van der Waals surface area contributed by atoms with Crippen molar-refractivity contribution in [1.82, 2.24) is 9.97 Å². The van der Waals surface area contributed by atoms with E-state index in [2.05, 4.69) is 40.5 Å². The molecule has 88 valence electrons. The van der Waals surface area contributed by atoms with Gasteiger partial charge in [-0.05, 0) is 18.1 Å². The Hall–Kier alpha value is -1.59. The van der Waals surface area contributed by atoms with E-state index in [1.54, 1.807) is 11.8 Å². The van der Waals surface area contributed by atoms with Crippen LogP contribution in [-0.2, 0) is 5.75 Å². The van der Waals surface area contributed by atoms with Gasteiger partial charge in [0.05, 0.1) is 0 Å². The second-order valence-electron chi connectivity index (χ2n) is 3.60. The highest BCUT2D eigenvalue weighted by Gasteiger charge is 2.01. The molecule has 0 fully saturated rings. The largest absolute Gasteiger partial charge is 0.308 e. The van der Waals surface area contributed by atoms with Crippen LogP contribution in [0.15, 0.2) is 41.7 Å². The monoisotopic (exact) mass is 246 g/mol. The van der Waals surface area contributed by atoms with Gasteiger partial charge in [0, 0.05) is 11.8 Å². The molecule has 0 aliphatic heterocycles. The number of nitrogens with zero attached hydrogens (tertiary/aromatic N) is 2. The van der Waals surface area contributed by atoms with Gasteiger partial charge < -0.3 is 5.43 Å². The maximum Gasteiger partial charge on any atom is 0.144 e. The predicted octanol–water partition coefficient (Wildman–Crippen LogP) is 2.36. The summed E-state index contributed by atoms with van der Waals surface area (Å²) >= 11 is 1.67. The fourth-order valence-corrected chi connectivity index (χ4v) is 2.36. The summed E-state index contributed by atoms with van der Waals surface area (Å²) in [5.74, 6) is 6.83. The van der Waals surface area contributed by atoms with E-state index in [-0.39, 0.29) is 0 Å². The normalized spacial score (nSPS) is 10.2. The van der Waals surface area contributed by atoms with Crippen LogP contribution in [0.4, 0.5) is 5.82 Å². The molecule has 0 bridgehead atoms. The summed E-state index contributed by atoms with van der Waals surface area (Å²) in [6.07, 6.45) is 1.51. The molecular formula is C12H14N4S. The maximum absolute atomic E-state index is 5.30. The lowest BCUT2D eigenvalue weighted by Gasteiger charge is -2.05. The van der Waals surface area contributed by atoms with Gasteiger partial charge in [-0.25, -0.2) is 15.8 Å². The highest BCUT2D eigenvalue weighted by atomic mass is 32.2. The van der Waals surface area contributed by atoms with Crippen molar-refractivity contribution >= 4 is 17.6 Å². The van der Waals surface area contributed by atoms with Gasteiger partial charge in [-0.3, -0.25) is 0 Å². The van der Waals surface area contributed by atoms with Crippen LogP contribution in [0, 0.1) is 6.92 Å². The Balaban J connectivity index is 2.05. The molecule has 1 heterocycles. The first kappa shape index (κ1) is 11.9. The Kier molecular flexibility index (Phi) is 3.95. The zero-order valence-corrected chi connectivity index (χ0v) is 10.4. The van der Waals surface area contributed by atoms with Crippen molar-refractivity contribution in [3.8, 4) is 0 Å². The lowest BCUT2D eigenvalue weighted by atomic mass is 10.1. The maximum atomic E-state index is 5.30. The minimum absolute atomic E-state index is 0.632. The number of hydrazine groups is 1. The number of aryl methyl sites for hydroxylation is 1. The lowest BCUT2D eigenvalue weighted by Crippen LogP contribution is -2.08. The van der Waals surface area contributed by atoms with Crippen LogP contribution in [0.2, 0.25) is 0 Å². The van der Waals surface area contributed by atoms with Gasteiger partial charge in [0.1, 0.15) is 17.2 Å². The van der Waals surface area contributed by atoms with E-state index in [9.17, 15) is 0 Å². The lowest BCUT2D eigenvalue weighted by molar-refractivity contribution is 1.04. The van der Waals surface area contributed by atoms with Crippen molar-refractivity contribution in [1.29, 1.82) is 0 Å². The Morgan fingerprint density at radius 1 is 1.29 bits per heavy atom. The fourth-order valence-electron chi connectivity index (χ4n) is 1.42. The molecular weight excluding hydrogens is 232 g/mol. The number of thioether (sulfide) groups is 1. The molecule has 1 aromatic heterocycles. The summed E-state index contributed by atoms with van der Waals surface area (Å²) in [5, 5.41) is 0.913. The van der Waals surface area contributed by atoms with E-state index in [0.717, 1.165) is 10.8 Å². The molecule has 0 saturated carbocycles. The number of nitrogens with two attached hydrogens (primary N) is 1. The Bertz CT molecular complexity index is 501. The van der Waals surface area contributed by atoms with Gasteiger partial charge >= 0.3 is 0 Å². The van der Waals surface area contributed by atoms with Crippen LogP contribution in [-0.4, -0.2) is 9.97 Å². The van der Waals surface area contributed by atoms with Crippen LogP contribution < -0.4 is 11.3 Å². The topological polar surface area (TPSA) is 63.8 Å². The summed E-state index contributed by atoms with van der Waals surface area (Å²) in [5.41, 5.74) is 5.13. The van der Waals surface area contributed by atoms with E-state index in [4.69, 9.17) is 5.84 Å². The van der Waals surface area contributed by atoms with Crippen molar-refractivity contribution in [2.75, 3.05) is 5.43 Å². The van der Waals surface area contributed by atoms with Crippen LogP contribution in [0.1, 0.15) is 11.1 Å². The van der Waals surface area contributed by atoms with Crippen molar-refractivity contribution < 1.29 is 0 Å². The summed E-state index contributed by atoms with van der Waals surface area (Å²) < 4.78 is 0. The molecule has 0 unspecified atom stereocenters. The van der Waals surface area contributed by atoms with Crippen molar-refractivity contribution in [3.63, 3.8) is 0 Å². The quantitative estimate of drug-likeness (QED) is 0.375. The highest BCUT2D eigenvalue weighted by molar-refractivity contribution is 7.98. The highest BCUT2D eigenvalue weighted by Crippen LogP contribution is 2.23. The van der Waals surface area contributed by atoms with E-state index < -0.39 is 0 Å². The second kappa shape index (κ2) is 5.65. The van der Waals surface area contributed by atoms with Crippen LogP contribution in [0.3, 0.4) is 0 Å². The number of benzene rings is 1. The van der Waals surface area contributed by atoms with Crippen molar-refractivity contribution in [2.24, 2.45) is 5.84 Å². The minimum Gasteiger partial charge on any atom is -0.308 e. The molecule has 2 aromatic rings. The van der Waals surface area contributed by atoms with Crippen molar-refractivity contribution in [3.05, 3.63) is 47.8 Å². The van der Waals surface area contributed by atoms with E-state index in [0.29, 0.717) is 5.82 Å². The van der Waals surface area contributed by atoms with E-state index in [1.807, 2.05) is 12.1 Å². The zero-order valence-electron chi connectivity index (χ0n) is 9.55. The standard InChI is InChI=1S/C12H14N4S/c1-9-4-2-3-5-10(9)7-17-12-6-11(16-13)14-8-15-12/h2-6,8H,7,13H2,1H3,(H,14,15,16). The predicted molar refractivity (Wildman–Crippen MR) is 70.6 cm³/mol. The number of nitrogens with one attached hydrogen (secondary N) is 1. The van der Waals surface area contributed by atoms with E-state index >= 15 is 0 Å². The van der Waals surface area contributed by atoms with Crippen LogP contribution >= 0.6 is 11.8 Å². The number of rotatable bonds is 4.